The Balaban J connectivity index is 1.35. The van der Waals surface area contributed by atoms with E-state index < -0.39 is 0 Å². The first-order valence-corrected chi connectivity index (χ1v) is 12.3. The van der Waals surface area contributed by atoms with Crippen molar-refractivity contribution in [1.29, 1.82) is 0 Å². The Kier molecular flexibility index (Phi) is 6.64. The normalized spacial score (nSPS) is 18.0. The van der Waals surface area contributed by atoms with Crippen molar-refractivity contribution in [3.8, 4) is 11.4 Å². The highest BCUT2D eigenvalue weighted by Crippen LogP contribution is 2.27. The van der Waals surface area contributed by atoms with Gasteiger partial charge in [-0.25, -0.2) is 9.97 Å². The molecule has 3 aromatic heterocycles. The highest BCUT2D eigenvalue weighted by Gasteiger charge is 2.23. The zero-order valence-corrected chi connectivity index (χ0v) is 20.7. The Morgan fingerprint density at radius 2 is 1.77 bits per heavy atom. The molecule has 0 aliphatic carbocycles. The van der Waals surface area contributed by atoms with Crippen molar-refractivity contribution in [2.24, 2.45) is 11.8 Å². The van der Waals surface area contributed by atoms with Gasteiger partial charge >= 0.3 is 0 Å². The molecule has 178 valence electrons. The molecule has 0 spiro atoms. The Bertz CT molecular complexity index is 1360. The summed E-state index contributed by atoms with van der Waals surface area (Å²) in [5, 5.41) is 4.37. The maximum absolute atomic E-state index is 12.5. The number of piperidine rings is 1. The number of pyridine rings is 3. The Morgan fingerprint density at radius 1 is 1.00 bits per heavy atom. The van der Waals surface area contributed by atoms with Crippen LogP contribution in [0.4, 0.5) is 5.82 Å². The minimum absolute atomic E-state index is 0.196. The number of benzene rings is 1. The summed E-state index contributed by atoms with van der Waals surface area (Å²) in [4.78, 5) is 29.1. The molecule has 0 radical (unpaired) electrons. The lowest BCUT2D eigenvalue weighted by molar-refractivity contribution is 0.0950. The SMILES string of the molecule is C[C@@H]1C[C@H](C)CN(c2cccc(-c3ccc4cnc(CNC(=O)c5cccc(Cl)c5)cc4n3)n2)C1. The number of rotatable bonds is 5. The van der Waals surface area contributed by atoms with Crippen molar-refractivity contribution in [2.45, 2.75) is 26.8 Å². The van der Waals surface area contributed by atoms with Crippen molar-refractivity contribution in [1.82, 2.24) is 20.3 Å². The summed E-state index contributed by atoms with van der Waals surface area (Å²) in [6.07, 6.45) is 3.05. The van der Waals surface area contributed by atoms with Crippen molar-refractivity contribution < 1.29 is 4.79 Å². The number of fused-ring (bicyclic) bond motifs is 1. The Labute approximate surface area is 210 Å². The van der Waals surface area contributed by atoms with Gasteiger partial charge in [0.25, 0.3) is 5.91 Å². The van der Waals surface area contributed by atoms with Crippen LogP contribution in [-0.2, 0) is 6.54 Å². The smallest absolute Gasteiger partial charge is 0.251 e. The van der Waals surface area contributed by atoms with Crippen LogP contribution in [0.15, 0.2) is 66.9 Å². The second-order valence-corrected chi connectivity index (χ2v) is 9.93. The maximum Gasteiger partial charge on any atom is 0.251 e. The number of halogens is 1. The first-order valence-electron chi connectivity index (χ1n) is 12.0. The monoisotopic (exact) mass is 485 g/mol. The third kappa shape index (κ3) is 5.43. The van der Waals surface area contributed by atoms with E-state index in [1.165, 1.54) is 6.42 Å². The van der Waals surface area contributed by atoms with E-state index in [4.69, 9.17) is 21.6 Å². The van der Waals surface area contributed by atoms with Gasteiger partial charge in [0.15, 0.2) is 0 Å². The second-order valence-electron chi connectivity index (χ2n) is 9.49. The van der Waals surface area contributed by atoms with Crippen LogP contribution in [0.1, 0.15) is 36.3 Å². The van der Waals surface area contributed by atoms with Crippen LogP contribution in [0.2, 0.25) is 5.02 Å². The van der Waals surface area contributed by atoms with Crippen LogP contribution >= 0.6 is 11.6 Å². The van der Waals surface area contributed by atoms with Crippen molar-refractivity contribution in [3.05, 3.63) is 83.1 Å². The van der Waals surface area contributed by atoms with E-state index in [9.17, 15) is 4.79 Å². The van der Waals surface area contributed by atoms with Gasteiger partial charge in [0.05, 0.1) is 29.1 Å². The molecular weight excluding hydrogens is 458 g/mol. The molecule has 1 aliphatic heterocycles. The first-order chi connectivity index (χ1) is 16.9. The standard InChI is InChI=1S/C28H28ClN5O/c1-18-11-19(2)17-34(16-18)27-8-4-7-24(33-27)25-10-9-21-14-30-23(13-26(21)32-25)15-31-28(35)20-5-3-6-22(29)12-20/h3-10,12-14,18-19H,11,15-17H2,1-2H3,(H,31,35)/t18-,19+. The lowest BCUT2D eigenvalue weighted by atomic mass is 9.92. The van der Waals surface area contributed by atoms with Gasteiger partial charge in [0.2, 0.25) is 0 Å². The van der Waals surface area contributed by atoms with Gasteiger partial charge in [-0.1, -0.05) is 37.6 Å². The summed E-state index contributed by atoms with van der Waals surface area (Å²) in [6.45, 7) is 6.97. The molecule has 0 saturated carbocycles. The molecule has 6 nitrogen and oxygen atoms in total. The number of nitrogens with one attached hydrogen (secondary N) is 1. The van der Waals surface area contributed by atoms with E-state index in [-0.39, 0.29) is 5.91 Å². The van der Waals surface area contributed by atoms with Crippen LogP contribution in [0.25, 0.3) is 22.3 Å². The number of aromatic nitrogens is 3. The molecule has 1 amide bonds. The van der Waals surface area contributed by atoms with Gasteiger partial charge in [0.1, 0.15) is 5.82 Å². The van der Waals surface area contributed by atoms with E-state index in [2.05, 4.69) is 41.2 Å². The minimum Gasteiger partial charge on any atom is -0.356 e. The lowest BCUT2D eigenvalue weighted by Gasteiger charge is -2.35. The molecular formula is C28H28ClN5O. The Morgan fingerprint density at radius 3 is 2.57 bits per heavy atom. The van der Waals surface area contributed by atoms with E-state index in [0.29, 0.717) is 29.0 Å². The van der Waals surface area contributed by atoms with Gasteiger partial charge in [-0.2, -0.15) is 0 Å². The number of anilines is 1. The lowest BCUT2D eigenvalue weighted by Crippen LogP contribution is -2.39. The van der Waals surface area contributed by atoms with Gasteiger partial charge in [-0.3, -0.25) is 9.78 Å². The van der Waals surface area contributed by atoms with E-state index in [1.54, 1.807) is 30.5 Å². The van der Waals surface area contributed by atoms with Gasteiger partial charge < -0.3 is 10.2 Å². The highest BCUT2D eigenvalue weighted by atomic mass is 35.5. The van der Waals surface area contributed by atoms with E-state index >= 15 is 0 Å². The second kappa shape index (κ2) is 10.0. The molecule has 4 heterocycles. The first kappa shape index (κ1) is 23.2. The predicted octanol–water partition coefficient (Wildman–Crippen LogP) is 5.76. The molecule has 0 unspecified atom stereocenters. The van der Waals surface area contributed by atoms with Crippen molar-refractivity contribution in [2.75, 3.05) is 18.0 Å². The van der Waals surface area contributed by atoms with Gasteiger partial charge in [-0.05, 0) is 66.8 Å². The number of amides is 1. The molecule has 1 fully saturated rings. The average molecular weight is 486 g/mol. The molecule has 1 aromatic carbocycles. The average Bonchev–Trinajstić information content (AvgIpc) is 2.86. The van der Waals surface area contributed by atoms with Crippen LogP contribution in [0, 0.1) is 11.8 Å². The summed E-state index contributed by atoms with van der Waals surface area (Å²) in [5.41, 5.74) is 3.73. The number of hydrogen-bond donors (Lipinski definition) is 1. The molecule has 0 bridgehead atoms. The van der Waals surface area contributed by atoms with Crippen molar-refractivity contribution in [3.63, 3.8) is 0 Å². The van der Waals surface area contributed by atoms with E-state index in [1.807, 2.05) is 24.3 Å². The molecule has 4 aromatic rings. The molecule has 2 atom stereocenters. The third-order valence-corrected chi connectivity index (χ3v) is 6.57. The van der Waals surface area contributed by atoms with Gasteiger partial charge in [0, 0.05) is 35.3 Å². The number of hydrogen-bond acceptors (Lipinski definition) is 5. The third-order valence-electron chi connectivity index (χ3n) is 6.34. The number of carbonyl (C=O) groups excluding carboxylic acids is 1. The molecule has 5 rings (SSSR count). The van der Waals surface area contributed by atoms with Crippen LogP contribution in [-0.4, -0.2) is 33.9 Å². The number of carbonyl (C=O) groups is 1. The molecule has 35 heavy (non-hydrogen) atoms. The van der Waals surface area contributed by atoms with Crippen LogP contribution < -0.4 is 10.2 Å². The minimum atomic E-state index is -0.196. The highest BCUT2D eigenvalue weighted by molar-refractivity contribution is 6.30. The summed E-state index contributed by atoms with van der Waals surface area (Å²) >= 11 is 5.99. The van der Waals surface area contributed by atoms with Crippen molar-refractivity contribution >= 4 is 34.2 Å². The summed E-state index contributed by atoms with van der Waals surface area (Å²) in [6, 6.07) is 18.9. The van der Waals surface area contributed by atoms with Gasteiger partial charge in [-0.15, -0.1) is 0 Å². The zero-order valence-electron chi connectivity index (χ0n) is 19.9. The molecule has 7 heteroatoms. The predicted molar refractivity (Wildman–Crippen MR) is 141 cm³/mol. The number of nitrogens with zero attached hydrogens (tertiary/aromatic N) is 4. The summed E-state index contributed by atoms with van der Waals surface area (Å²) in [7, 11) is 0. The molecule has 1 saturated heterocycles. The fourth-order valence-corrected chi connectivity index (χ4v) is 4.98. The van der Waals surface area contributed by atoms with E-state index in [0.717, 1.165) is 46.9 Å². The largest absolute Gasteiger partial charge is 0.356 e. The molecule has 1 N–H and O–H groups in total. The molecule has 1 aliphatic rings. The quantitative estimate of drug-likeness (QED) is 0.389. The fourth-order valence-electron chi connectivity index (χ4n) is 4.79. The van der Waals surface area contributed by atoms with Crippen LogP contribution in [0.3, 0.4) is 0 Å². The fraction of sp³-hybridized carbons (Fsp3) is 0.286. The maximum atomic E-state index is 12.5. The topological polar surface area (TPSA) is 71.0 Å². The zero-order chi connectivity index (χ0) is 24.4. The Hall–Kier alpha value is -3.51. The summed E-state index contributed by atoms with van der Waals surface area (Å²) in [5.74, 6) is 2.13. The van der Waals surface area contributed by atoms with Crippen LogP contribution in [0.5, 0.6) is 0 Å². The summed E-state index contributed by atoms with van der Waals surface area (Å²) < 4.78 is 0.